The summed E-state index contributed by atoms with van der Waals surface area (Å²) < 4.78 is 10.6. The Hall–Kier alpha value is -1.50. The minimum atomic E-state index is -0.452. The molecular weight excluding hydrogens is 296 g/mol. The van der Waals surface area contributed by atoms with Crippen molar-refractivity contribution in [2.24, 2.45) is 4.99 Å². The Bertz CT molecular complexity index is 387. The molecule has 0 aromatic heterocycles. The predicted molar refractivity (Wildman–Crippen MR) is 91.8 cm³/mol. The van der Waals surface area contributed by atoms with Crippen LogP contribution in [0.3, 0.4) is 0 Å². The second-order valence-corrected chi connectivity index (χ2v) is 6.54. The van der Waals surface area contributed by atoms with Crippen molar-refractivity contribution in [1.29, 1.82) is 0 Å². The third kappa shape index (κ3) is 8.06. The van der Waals surface area contributed by atoms with Gasteiger partial charge in [-0.15, -0.1) is 0 Å². The molecule has 0 atom stereocenters. The first-order chi connectivity index (χ1) is 10.9. The first-order valence-electron chi connectivity index (χ1n) is 8.46. The number of hydrogen-bond acceptors (Lipinski definition) is 4. The molecule has 1 aliphatic heterocycles. The SMILES string of the molecule is CCNC(=NCCCOCC)NC1CN(C(=O)OC(C)(C)C)C1. The number of rotatable bonds is 7. The van der Waals surface area contributed by atoms with Gasteiger partial charge in [-0.1, -0.05) is 0 Å². The van der Waals surface area contributed by atoms with E-state index < -0.39 is 5.60 Å². The molecular formula is C16H32N4O3. The molecule has 1 amide bonds. The Morgan fingerprint density at radius 1 is 1.30 bits per heavy atom. The molecule has 0 aromatic carbocycles. The molecule has 0 radical (unpaired) electrons. The number of ether oxygens (including phenoxy) is 2. The average molecular weight is 328 g/mol. The first-order valence-corrected chi connectivity index (χ1v) is 8.46. The van der Waals surface area contributed by atoms with Crippen LogP contribution < -0.4 is 10.6 Å². The van der Waals surface area contributed by atoms with Gasteiger partial charge >= 0.3 is 6.09 Å². The molecule has 0 spiro atoms. The molecule has 0 aliphatic carbocycles. The fourth-order valence-electron chi connectivity index (χ4n) is 2.06. The van der Waals surface area contributed by atoms with Crippen LogP contribution in [0.1, 0.15) is 41.0 Å². The number of nitrogens with zero attached hydrogens (tertiary/aromatic N) is 2. The Balaban J connectivity index is 2.31. The fourth-order valence-corrected chi connectivity index (χ4v) is 2.06. The largest absolute Gasteiger partial charge is 0.444 e. The lowest BCUT2D eigenvalue weighted by molar-refractivity contribution is 0.00700. The van der Waals surface area contributed by atoms with Gasteiger partial charge in [0, 0.05) is 39.4 Å². The number of nitrogens with one attached hydrogen (secondary N) is 2. The number of amides is 1. The van der Waals surface area contributed by atoms with Crippen LogP contribution in [-0.4, -0.2) is 68.0 Å². The van der Waals surface area contributed by atoms with Crippen molar-refractivity contribution >= 4 is 12.1 Å². The van der Waals surface area contributed by atoms with Gasteiger partial charge in [0.1, 0.15) is 5.60 Å². The Kier molecular flexibility index (Phi) is 8.16. The summed E-state index contributed by atoms with van der Waals surface area (Å²) in [5, 5.41) is 6.56. The number of likely N-dealkylation sites (tertiary alicyclic amines) is 1. The summed E-state index contributed by atoms with van der Waals surface area (Å²) in [6.45, 7) is 13.9. The van der Waals surface area contributed by atoms with E-state index >= 15 is 0 Å². The maximum Gasteiger partial charge on any atom is 0.410 e. The minimum Gasteiger partial charge on any atom is -0.444 e. The van der Waals surface area contributed by atoms with Crippen molar-refractivity contribution in [2.75, 3.05) is 39.4 Å². The maximum absolute atomic E-state index is 11.9. The molecule has 134 valence electrons. The molecule has 1 aliphatic rings. The van der Waals surface area contributed by atoms with Crippen molar-refractivity contribution in [3.8, 4) is 0 Å². The lowest BCUT2D eigenvalue weighted by Gasteiger charge is -2.40. The van der Waals surface area contributed by atoms with Gasteiger partial charge in [0.15, 0.2) is 5.96 Å². The molecule has 1 fully saturated rings. The molecule has 0 aromatic rings. The van der Waals surface area contributed by atoms with Gasteiger partial charge in [-0.25, -0.2) is 4.79 Å². The lowest BCUT2D eigenvalue weighted by atomic mass is 10.1. The van der Waals surface area contributed by atoms with Gasteiger partial charge in [-0.3, -0.25) is 4.99 Å². The highest BCUT2D eigenvalue weighted by Gasteiger charge is 2.34. The molecule has 1 rings (SSSR count). The summed E-state index contributed by atoms with van der Waals surface area (Å²) in [6.07, 6.45) is 0.647. The van der Waals surface area contributed by atoms with Crippen LogP contribution in [0, 0.1) is 0 Å². The quantitative estimate of drug-likeness (QED) is 0.422. The van der Waals surface area contributed by atoms with E-state index in [0.717, 1.165) is 38.7 Å². The maximum atomic E-state index is 11.9. The van der Waals surface area contributed by atoms with Crippen molar-refractivity contribution in [3.05, 3.63) is 0 Å². The van der Waals surface area contributed by atoms with Crippen LogP contribution in [0.4, 0.5) is 4.79 Å². The minimum absolute atomic E-state index is 0.215. The van der Waals surface area contributed by atoms with Crippen molar-refractivity contribution in [3.63, 3.8) is 0 Å². The van der Waals surface area contributed by atoms with Gasteiger partial charge in [0.25, 0.3) is 0 Å². The highest BCUT2D eigenvalue weighted by Crippen LogP contribution is 2.15. The Morgan fingerprint density at radius 2 is 2.00 bits per heavy atom. The molecule has 1 saturated heterocycles. The molecule has 0 unspecified atom stereocenters. The highest BCUT2D eigenvalue weighted by molar-refractivity contribution is 5.80. The van der Waals surface area contributed by atoms with E-state index in [1.165, 1.54) is 0 Å². The average Bonchev–Trinajstić information content (AvgIpc) is 2.39. The van der Waals surface area contributed by atoms with Crippen LogP contribution in [0.2, 0.25) is 0 Å². The van der Waals surface area contributed by atoms with Gasteiger partial charge in [-0.2, -0.15) is 0 Å². The molecule has 0 saturated carbocycles. The highest BCUT2D eigenvalue weighted by atomic mass is 16.6. The zero-order valence-corrected chi connectivity index (χ0v) is 15.1. The van der Waals surface area contributed by atoms with E-state index in [-0.39, 0.29) is 12.1 Å². The Labute approximate surface area is 139 Å². The number of carbonyl (C=O) groups excluding carboxylic acids is 1. The van der Waals surface area contributed by atoms with Crippen LogP contribution in [0.5, 0.6) is 0 Å². The summed E-state index contributed by atoms with van der Waals surface area (Å²) in [7, 11) is 0. The molecule has 1 heterocycles. The summed E-state index contributed by atoms with van der Waals surface area (Å²) in [5.41, 5.74) is -0.452. The molecule has 2 N–H and O–H groups in total. The van der Waals surface area contributed by atoms with E-state index in [2.05, 4.69) is 15.6 Å². The second kappa shape index (κ2) is 9.60. The first kappa shape index (κ1) is 19.5. The van der Waals surface area contributed by atoms with Crippen LogP contribution in [0.15, 0.2) is 4.99 Å². The number of guanidine groups is 1. The zero-order chi connectivity index (χ0) is 17.3. The summed E-state index contributed by atoms with van der Waals surface area (Å²) in [4.78, 5) is 18.1. The zero-order valence-electron chi connectivity index (χ0n) is 15.1. The second-order valence-electron chi connectivity index (χ2n) is 6.54. The third-order valence-corrected chi connectivity index (χ3v) is 3.14. The number of aliphatic imine (C=N–C) groups is 1. The van der Waals surface area contributed by atoms with Crippen molar-refractivity contribution in [2.45, 2.75) is 52.7 Å². The monoisotopic (exact) mass is 328 g/mol. The predicted octanol–water partition coefficient (Wildman–Crippen LogP) is 1.59. The third-order valence-electron chi connectivity index (χ3n) is 3.14. The van der Waals surface area contributed by atoms with E-state index in [4.69, 9.17) is 9.47 Å². The van der Waals surface area contributed by atoms with Gasteiger partial charge < -0.3 is 25.0 Å². The molecule has 0 bridgehead atoms. The number of hydrogen-bond donors (Lipinski definition) is 2. The van der Waals surface area contributed by atoms with Crippen LogP contribution in [0.25, 0.3) is 0 Å². The smallest absolute Gasteiger partial charge is 0.410 e. The summed E-state index contributed by atoms with van der Waals surface area (Å²) in [5.74, 6) is 0.790. The van der Waals surface area contributed by atoms with E-state index in [9.17, 15) is 4.79 Å². The van der Waals surface area contributed by atoms with Crippen molar-refractivity contribution < 1.29 is 14.3 Å². The Morgan fingerprint density at radius 3 is 2.57 bits per heavy atom. The van der Waals surface area contributed by atoms with Crippen LogP contribution in [-0.2, 0) is 9.47 Å². The lowest BCUT2D eigenvalue weighted by Crippen LogP contribution is -2.63. The van der Waals surface area contributed by atoms with E-state index in [1.807, 2.05) is 34.6 Å². The molecule has 7 heteroatoms. The summed E-state index contributed by atoms with van der Waals surface area (Å²) in [6, 6.07) is 0.215. The standard InChI is InChI=1S/C16H32N4O3/c1-6-17-14(18-9-8-10-22-7-2)19-13-11-20(12-13)15(21)23-16(3,4)5/h13H,6-12H2,1-5H3,(H2,17,18,19). The summed E-state index contributed by atoms with van der Waals surface area (Å²) >= 11 is 0. The van der Waals surface area contributed by atoms with E-state index in [1.54, 1.807) is 4.90 Å². The fraction of sp³-hybridized carbons (Fsp3) is 0.875. The molecule has 7 nitrogen and oxygen atoms in total. The number of carbonyl (C=O) groups is 1. The van der Waals surface area contributed by atoms with Gasteiger partial charge in [0.2, 0.25) is 0 Å². The van der Waals surface area contributed by atoms with Gasteiger partial charge in [-0.05, 0) is 41.0 Å². The van der Waals surface area contributed by atoms with Crippen LogP contribution >= 0.6 is 0 Å². The van der Waals surface area contributed by atoms with Gasteiger partial charge in [0.05, 0.1) is 6.04 Å². The van der Waals surface area contributed by atoms with E-state index in [0.29, 0.717) is 13.1 Å². The van der Waals surface area contributed by atoms with Crippen molar-refractivity contribution in [1.82, 2.24) is 15.5 Å². The topological polar surface area (TPSA) is 75.2 Å². The normalized spacial score (nSPS) is 16.0. The molecule has 23 heavy (non-hydrogen) atoms.